The second-order valence-electron chi connectivity index (χ2n) is 5.02. The van der Waals surface area contributed by atoms with E-state index in [4.69, 9.17) is 0 Å². The molecule has 1 unspecified atom stereocenters. The molecule has 1 aliphatic carbocycles. The van der Waals surface area contributed by atoms with Crippen LogP contribution in [0.15, 0.2) is 0 Å². The SMILES string of the molecule is CNC(=O)C(C)CN(C)C(=O)c1n[nH]c(C2CC2)n1. The molecule has 19 heavy (non-hydrogen) atoms. The van der Waals surface area contributed by atoms with Crippen LogP contribution in [0.1, 0.15) is 42.1 Å². The zero-order chi connectivity index (χ0) is 14.0. The van der Waals surface area contributed by atoms with Crippen molar-refractivity contribution in [2.24, 2.45) is 5.92 Å². The van der Waals surface area contributed by atoms with Crippen LogP contribution in [0.25, 0.3) is 0 Å². The minimum Gasteiger partial charge on any atom is -0.359 e. The standard InChI is InChI=1S/C12H19N5O2/c1-7(11(18)13-2)6-17(3)12(19)10-14-9(15-16-10)8-4-5-8/h7-8H,4-6H2,1-3H3,(H,13,18)(H,14,15,16). The quantitative estimate of drug-likeness (QED) is 0.792. The van der Waals surface area contributed by atoms with Gasteiger partial charge in [-0.05, 0) is 12.8 Å². The molecule has 0 aromatic carbocycles. The molecule has 1 atom stereocenters. The highest BCUT2D eigenvalue weighted by molar-refractivity contribution is 5.90. The second-order valence-corrected chi connectivity index (χ2v) is 5.02. The second kappa shape index (κ2) is 5.38. The lowest BCUT2D eigenvalue weighted by Crippen LogP contribution is -2.37. The monoisotopic (exact) mass is 265 g/mol. The van der Waals surface area contributed by atoms with E-state index in [-0.39, 0.29) is 23.6 Å². The number of H-pyrrole nitrogens is 1. The van der Waals surface area contributed by atoms with Crippen LogP contribution in [-0.2, 0) is 4.79 Å². The molecule has 1 aliphatic rings. The molecular weight excluding hydrogens is 246 g/mol. The summed E-state index contributed by atoms with van der Waals surface area (Å²) in [4.78, 5) is 29.2. The van der Waals surface area contributed by atoms with Crippen molar-refractivity contribution >= 4 is 11.8 Å². The van der Waals surface area contributed by atoms with Crippen LogP contribution in [0.2, 0.25) is 0 Å². The first-order valence-electron chi connectivity index (χ1n) is 6.42. The maximum atomic E-state index is 12.1. The van der Waals surface area contributed by atoms with Crippen molar-refractivity contribution in [3.63, 3.8) is 0 Å². The number of carbonyl (C=O) groups excluding carboxylic acids is 2. The summed E-state index contributed by atoms with van der Waals surface area (Å²) in [5, 5.41) is 9.31. The van der Waals surface area contributed by atoms with Crippen molar-refractivity contribution in [3.8, 4) is 0 Å². The van der Waals surface area contributed by atoms with E-state index in [9.17, 15) is 9.59 Å². The van der Waals surface area contributed by atoms with Crippen LogP contribution in [0.5, 0.6) is 0 Å². The molecule has 1 heterocycles. The predicted octanol–water partition coefficient (Wildman–Crippen LogP) is 0.136. The maximum absolute atomic E-state index is 12.1. The van der Waals surface area contributed by atoms with Crippen LogP contribution in [-0.4, -0.2) is 52.5 Å². The highest BCUT2D eigenvalue weighted by atomic mass is 16.2. The normalized spacial score (nSPS) is 15.9. The third kappa shape index (κ3) is 3.10. The van der Waals surface area contributed by atoms with Gasteiger partial charge in [0, 0.05) is 26.6 Å². The van der Waals surface area contributed by atoms with E-state index in [1.54, 1.807) is 21.0 Å². The van der Waals surface area contributed by atoms with Gasteiger partial charge in [-0.3, -0.25) is 14.7 Å². The fourth-order valence-corrected chi connectivity index (χ4v) is 1.90. The van der Waals surface area contributed by atoms with E-state index >= 15 is 0 Å². The Balaban J connectivity index is 1.95. The number of nitrogens with one attached hydrogen (secondary N) is 2. The van der Waals surface area contributed by atoms with Crippen LogP contribution in [0.3, 0.4) is 0 Å². The van der Waals surface area contributed by atoms with Gasteiger partial charge < -0.3 is 10.2 Å². The van der Waals surface area contributed by atoms with E-state index in [0.29, 0.717) is 12.5 Å². The molecule has 2 amide bonds. The van der Waals surface area contributed by atoms with Crippen LogP contribution in [0.4, 0.5) is 0 Å². The molecule has 7 nitrogen and oxygen atoms in total. The van der Waals surface area contributed by atoms with Gasteiger partial charge in [0.1, 0.15) is 5.82 Å². The van der Waals surface area contributed by atoms with Crippen LogP contribution >= 0.6 is 0 Å². The Labute approximate surface area is 111 Å². The van der Waals surface area contributed by atoms with Gasteiger partial charge in [-0.25, -0.2) is 4.98 Å². The minimum absolute atomic E-state index is 0.0895. The fourth-order valence-electron chi connectivity index (χ4n) is 1.90. The number of aromatic amines is 1. The van der Waals surface area contributed by atoms with Crippen LogP contribution < -0.4 is 5.32 Å². The first-order valence-corrected chi connectivity index (χ1v) is 6.42. The summed E-state index contributed by atoms with van der Waals surface area (Å²) in [6.45, 7) is 2.11. The minimum atomic E-state index is -0.265. The van der Waals surface area contributed by atoms with Crippen molar-refractivity contribution in [3.05, 3.63) is 11.6 Å². The van der Waals surface area contributed by atoms with Crippen molar-refractivity contribution in [2.75, 3.05) is 20.6 Å². The zero-order valence-electron chi connectivity index (χ0n) is 11.4. The highest BCUT2D eigenvalue weighted by Gasteiger charge is 2.29. The molecule has 1 aromatic rings. The zero-order valence-corrected chi connectivity index (χ0v) is 11.4. The van der Waals surface area contributed by atoms with Crippen molar-refractivity contribution in [1.82, 2.24) is 25.4 Å². The maximum Gasteiger partial charge on any atom is 0.293 e. The summed E-state index contributed by atoms with van der Waals surface area (Å²) in [5.41, 5.74) is 0. The van der Waals surface area contributed by atoms with Gasteiger partial charge in [0.05, 0.1) is 5.92 Å². The average Bonchev–Trinajstić information content (AvgIpc) is 3.14. The lowest BCUT2D eigenvalue weighted by Gasteiger charge is -2.19. The van der Waals surface area contributed by atoms with Gasteiger partial charge in [0.15, 0.2) is 0 Å². The molecule has 0 saturated heterocycles. The largest absolute Gasteiger partial charge is 0.359 e. The summed E-state index contributed by atoms with van der Waals surface area (Å²) in [6.07, 6.45) is 2.21. The predicted molar refractivity (Wildman–Crippen MR) is 68.5 cm³/mol. The summed E-state index contributed by atoms with van der Waals surface area (Å²) in [5.74, 6) is 0.779. The molecule has 1 aromatic heterocycles. The molecule has 1 fully saturated rings. The summed E-state index contributed by atoms with van der Waals surface area (Å²) < 4.78 is 0. The van der Waals surface area contributed by atoms with Crippen LogP contribution in [0, 0.1) is 5.92 Å². The Morgan fingerprint density at radius 2 is 2.21 bits per heavy atom. The van der Waals surface area contributed by atoms with Gasteiger partial charge >= 0.3 is 0 Å². The van der Waals surface area contributed by atoms with Gasteiger partial charge in [-0.15, -0.1) is 5.10 Å². The van der Waals surface area contributed by atoms with Crippen molar-refractivity contribution in [1.29, 1.82) is 0 Å². The van der Waals surface area contributed by atoms with Gasteiger partial charge in [0.2, 0.25) is 11.7 Å². The molecule has 104 valence electrons. The lowest BCUT2D eigenvalue weighted by molar-refractivity contribution is -0.124. The molecule has 0 radical (unpaired) electrons. The Hall–Kier alpha value is -1.92. The smallest absolute Gasteiger partial charge is 0.293 e. The first kappa shape index (κ1) is 13.5. The Morgan fingerprint density at radius 1 is 1.53 bits per heavy atom. The van der Waals surface area contributed by atoms with Gasteiger partial charge in [-0.1, -0.05) is 6.92 Å². The summed E-state index contributed by atoms with van der Waals surface area (Å²) >= 11 is 0. The van der Waals surface area contributed by atoms with E-state index in [1.165, 1.54) is 4.90 Å². The number of rotatable bonds is 5. The Morgan fingerprint density at radius 3 is 2.79 bits per heavy atom. The number of amides is 2. The summed E-state index contributed by atoms with van der Waals surface area (Å²) in [7, 11) is 3.23. The number of hydrogen-bond acceptors (Lipinski definition) is 4. The van der Waals surface area contributed by atoms with E-state index in [0.717, 1.165) is 18.7 Å². The third-order valence-electron chi connectivity index (χ3n) is 3.25. The molecular formula is C12H19N5O2. The average molecular weight is 265 g/mol. The molecule has 0 bridgehead atoms. The highest BCUT2D eigenvalue weighted by Crippen LogP contribution is 2.37. The molecule has 0 aliphatic heterocycles. The Bertz CT molecular complexity index is 480. The van der Waals surface area contributed by atoms with Gasteiger partial charge in [-0.2, -0.15) is 0 Å². The topological polar surface area (TPSA) is 91.0 Å². The summed E-state index contributed by atoms with van der Waals surface area (Å²) in [6, 6.07) is 0. The molecule has 1 saturated carbocycles. The number of aromatic nitrogens is 3. The van der Waals surface area contributed by atoms with Crippen molar-refractivity contribution in [2.45, 2.75) is 25.7 Å². The molecule has 7 heteroatoms. The third-order valence-corrected chi connectivity index (χ3v) is 3.25. The Kier molecular flexibility index (Phi) is 3.82. The number of hydrogen-bond donors (Lipinski definition) is 2. The fraction of sp³-hybridized carbons (Fsp3) is 0.667. The number of carbonyl (C=O) groups is 2. The number of nitrogens with zero attached hydrogens (tertiary/aromatic N) is 3. The van der Waals surface area contributed by atoms with E-state index < -0.39 is 0 Å². The first-order chi connectivity index (χ1) is 9.02. The van der Waals surface area contributed by atoms with Crippen molar-refractivity contribution < 1.29 is 9.59 Å². The molecule has 0 spiro atoms. The molecule has 2 N–H and O–H groups in total. The lowest BCUT2D eigenvalue weighted by atomic mass is 10.1. The molecule has 2 rings (SSSR count). The van der Waals surface area contributed by atoms with Gasteiger partial charge in [0.25, 0.3) is 5.91 Å². The van der Waals surface area contributed by atoms with E-state index in [1.807, 2.05) is 0 Å². The van der Waals surface area contributed by atoms with E-state index in [2.05, 4.69) is 20.5 Å².